The number of hydrogen-bond donors (Lipinski definition) is 2. The standard InChI is InChI=1S/C25H21NO6/c1-15-21(27)7-6-20-17(10-24(28)32-25(15)20)12-26-18-4-2-3-16(9-18)13-29-19-5-8-22-23(11-19)31-14-30-22/h2-11,26-27H,12-14H2,1H3. The molecule has 0 aliphatic carbocycles. The normalized spacial score (nSPS) is 12.2. The Kier molecular flexibility index (Phi) is 5.07. The fourth-order valence-electron chi connectivity index (χ4n) is 3.66. The van der Waals surface area contributed by atoms with Crippen molar-refractivity contribution in [3.63, 3.8) is 0 Å². The summed E-state index contributed by atoms with van der Waals surface area (Å²) in [6, 6.07) is 18.2. The van der Waals surface area contributed by atoms with Crippen molar-refractivity contribution in [2.45, 2.75) is 20.1 Å². The molecule has 5 rings (SSSR count). The van der Waals surface area contributed by atoms with E-state index in [4.69, 9.17) is 18.6 Å². The highest BCUT2D eigenvalue weighted by Crippen LogP contribution is 2.35. The van der Waals surface area contributed by atoms with Crippen LogP contribution in [0.5, 0.6) is 23.0 Å². The largest absolute Gasteiger partial charge is 0.508 e. The van der Waals surface area contributed by atoms with Gasteiger partial charge in [0.1, 0.15) is 23.7 Å². The summed E-state index contributed by atoms with van der Waals surface area (Å²) in [6.45, 7) is 2.78. The van der Waals surface area contributed by atoms with Crippen LogP contribution in [0.3, 0.4) is 0 Å². The van der Waals surface area contributed by atoms with Crippen molar-refractivity contribution in [1.82, 2.24) is 0 Å². The Morgan fingerprint density at radius 2 is 1.91 bits per heavy atom. The number of hydrogen-bond acceptors (Lipinski definition) is 7. The van der Waals surface area contributed by atoms with E-state index in [0.29, 0.717) is 35.8 Å². The van der Waals surface area contributed by atoms with Crippen LogP contribution in [0.25, 0.3) is 11.0 Å². The fraction of sp³-hybridized carbons (Fsp3) is 0.160. The summed E-state index contributed by atoms with van der Waals surface area (Å²) in [5, 5.41) is 14.1. The minimum Gasteiger partial charge on any atom is -0.508 e. The molecule has 1 aliphatic rings. The second kappa shape index (κ2) is 8.19. The molecule has 0 radical (unpaired) electrons. The van der Waals surface area contributed by atoms with Crippen LogP contribution in [0.4, 0.5) is 5.69 Å². The van der Waals surface area contributed by atoms with Crippen LogP contribution in [-0.4, -0.2) is 11.9 Å². The molecule has 0 saturated carbocycles. The summed E-state index contributed by atoms with van der Waals surface area (Å²) in [4.78, 5) is 12.0. The summed E-state index contributed by atoms with van der Waals surface area (Å²) in [7, 11) is 0. The van der Waals surface area contributed by atoms with Crippen LogP contribution >= 0.6 is 0 Å². The van der Waals surface area contributed by atoms with Crippen LogP contribution in [0.2, 0.25) is 0 Å². The number of benzene rings is 3. The van der Waals surface area contributed by atoms with Gasteiger partial charge in [-0.15, -0.1) is 0 Å². The predicted octanol–water partition coefficient (Wildman–Crippen LogP) is 4.73. The van der Waals surface area contributed by atoms with Gasteiger partial charge in [-0.3, -0.25) is 0 Å². The lowest BCUT2D eigenvalue weighted by molar-refractivity contribution is 0.173. The van der Waals surface area contributed by atoms with E-state index >= 15 is 0 Å². The zero-order valence-corrected chi connectivity index (χ0v) is 17.4. The highest BCUT2D eigenvalue weighted by Gasteiger charge is 2.14. The van der Waals surface area contributed by atoms with E-state index in [1.807, 2.05) is 42.5 Å². The second-order valence-corrected chi connectivity index (χ2v) is 7.53. The molecule has 1 aliphatic heterocycles. The van der Waals surface area contributed by atoms with Crippen molar-refractivity contribution in [1.29, 1.82) is 0 Å². The number of phenolic OH excluding ortho intramolecular Hbond substituents is 1. The number of phenols is 1. The molecule has 2 N–H and O–H groups in total. The minimum atomic E-state index is -0.450. The Balaban J connectivity index is 1.29. The zero-order chi connectivity index (χ0) is 22.1. The zero-order valence-electron chi connectivity index (χ0n) is 17.4. The first-order valence-electron chi connectivity index (χ1n) is 10.2. The Hall–Kier alpha value is -4.13. The van der Waals surface area contributed by atoms with E-state index in [2.05, 4.69) is 5.32 Å². The van der Waals surface area contributed by atoms with Gasteiger partial charge in [0.2, 0.25) is 6.79 Å². The molecule has 0 fully saturated rings. The van der Waals surface area contributed by atoms with Crippen LogP contribution in [0.15, 0.2) is 69.9 Å². The molecule has 2 heterocycles. The first kappa shape index (κ1) is 19.8. The van der Waals surface area contributed by atoms with Crippen molar-refractivity contribution < 1.29 is 23.7 Å². The van der Waals surface area contributed by atoms with E-state index in [1.54, 1.807) is 19.1 Å². The van der Waals surface area contributed by atoms with Gasteiger partial charge in [0.05, 0.1) is 0 Å². The van der Waals surface area contributed by atoms with Gasteiger partial charge in [-0.05, 0) is 54.4 Å². The topological polar surface area (TPSA) is 90.2 Å². The molecule has 1 aromatic heterocycles. The van der Waals surface area contributed by atoms with Gasteiger partial charge in [0.15, 0.2) is 11.5 Å². The van der Waals surface area contributed by atoms with Gasteiger partial charge in [0.25, 0.3) is 0 Å². The van der Waals surface area contributed by atoms with Crippen molar-refractivity contribution in [2.24, 2.45) is 0 Å². The lowest BCUT2D eigenvalue weighted by Gasteiger charge is -2.12. The molecule has 0 atom stereocenters. The van der Waals surface area contributed by atoms with Gasteiger partial charge in [-0.25, -0.2) is 4.79 Å². The van der Waals surface area contributed by atoms with Gasteiger partial charge >= 0.3 is 5.63 Å². The second-order valence-electron chi connectivity index (χ2n) is 7.53. The number of anilines is 1. The number of rotatable bonds is 6. The average Bonchev–Trinajstić information content (AvgIpc) is 3.27. The minimum absolute atomic E-state index is 0.0981. The molecule has 0 bridgehead atoms. The number of aryl methyl sites for hydroxylation is 1. The van der Waals surface area contributed by atoms with Crippen molar-refractivity contribution >= 4 is 16.7 Å². The SMILES string of the molecule is Cc1c(O)ccc2c(CNc3cccc(COc4ccc5c(c4)OCO5)c3)cc(=O)oc12. The first-order valence-corrected chi connectivity index (χ1v) is 10.2. The van der Waals surface area contributed by atoms with Gasteiger partial charge in [-0.1, -0.05) is 12.1 Å². The lowest BCUT2D eigenvalue weighted by atomic mass is 10.1. The lowest BCUT2D eigenvalue weighted by Crippen LogP contribution is -2.06. The maximum Gasteiger partial charge on any atom is 0.336 e. The molecule has 0 amide bonds. The molecule has 4 aromatic rings. The quantitative estimate of drug-likeness (QED) is 0.427. The maximum absolute atomic E-state index is 12.0. The Morgan fingerprint density at radius 1 is 1.03 bits per heavy atom. The summed E-state index contributed by atoms with van der Waals surface area (Å²) in [5.41, 5.74) is 3.18. The smallest absolute Gasteiger partial charge is 0.336 e. The third-order valence-corrected chi connectivity index (χ3v) is 5.38. The van der Waals surface area contributed by atoms with Gasteiger partial charge in [0, 0.05) is 35.3 Å². The van der Waals surface area contributed by atoms with Crippen LogP contribution in [0.1, 0.15) is 16.7 Å². The molecule has 7 nitrogen and oxygen atoms in total. The molecular weight excluding hydrogens is 410 g/mol. The number of aromatic hydroxyl groups is 1. The van der Waals surface area contributed by atoms with Crippen molar-refractivity contribution in [3.05, 3.63) is 87.8 Å². The number of nitrogens with one attached hydrogen (secondary N) is 1. The van der Waals surface area contributed by atoms with E-state index in [0.717, 1.165) is 28.0 Å². The van der Waals surface area contributed by atoms with Crippen LogP contribution in [-0.2, 0) is 13.2 Å². The average molecular weight is 431 g/mol. The van der Waals surface area contributed by atoms with E-state index in [9.17, 15) is 9.90 Å². The van der Waals surface area contributed by atoms with Gasteiger partial charge < -0.3 is 29.1 Å². The Labute approximate surface area is 183 Å². The van der Waals surface area contributed by atoms with Gasteiger partial charge in [-0.2, -0.15) is 0 Å². The fourth-order valence-corrected chi connectivity index (χ4v) is 3.66. The van der Waals surface area contributed by atoms with Crippen LogP contribution < -0.4 is 25.2 Å². The third-order valence-electron chi connectivity index (χ3n) is 5.38. The van der Waals surface area contributed by atoms with Crippen LogP contribution in [0, 0.1) is 6.92 Å². The molecule has 0 unspecified atom stereocenters. The molecule has 0 spiro atoms. The molecular formula is C25H21NO6. The van der Waals surface area contributed by atoms with E-state index < -0.39 is 5.63 Å². The molecule has 0 saturated heterocycles. The predicted molar refractivity (Wildman–Crippen MR) is 120 cm³/mol. The highest BCUT2D eigenvalue weighted by atomic mass is 16.7. The monoisotopic (exact) mass is 431 g/mol. The summed E-state index contributed by atoms with van der Waals surface area (Å²) < 4.78 is 21.9. The number of ether oxygens (including phenoxy) is 3. The highest BCUT2D eigenvalue weighted by molar-refractivity contribution is 5.85. The maximum atomic E-state index is 12.0. The Bertz CT molecular complexity index is 1360. The third kappa shape index (κ3) is 3.92. The molecule has 32 heavy (non-hydrogen) atoms. The molecule has 3 aromatic carbocycles. The van der Waals surface area contributed by atoms with Crippen molar-refractivity contribution in [3.8, 4) is 23.0 Å². The van der Waals surface area contributed by atoms with E-state index in [-0.39, 0.29) is 12.5 Å². The summed E-state index contributed by atoms with van der Waals surface area (Å²) >= 11 is 0. The molecule has 7 heteroatoms. The molecule has 162 valence electrons. The van der Waals surface area contributed by atoms with E-state index in [1.165, 1.54) is 6.07 Å². The number of fused-ring (bicyclic) bond motifs is 2. The van der Waals surface area contributed by atoms with Crippen molar-refractivity contribution in [2.75, 3.05) is 12.1 Å². The Morgan fingerprint density at radius 3 is 2.81 bits per heavy atom. The summed E-state index contributed by atoms with van der Waals surface area (Å²) in [6.07, 6.45) is 0. The first-order chi connectivity index (χ1) is 15.6. The summed E-state index contributed by atoms with van der Waals surface area (Å²) in [5.74, 6) is 2.20.